The van der Waals surface area contributed by atoms with Crippen molar-refractivity contribution >= 4 is 50.0 Å². The van der Waals surface area contributed by atoms with E-state index in [1.807, 2.05) is 55.6 Å². The molecule has 6 rings (SSSR count). The molecule has 0 aliphatic rings. The average Bonchev–Trinajstić information content (AvgIpc) is 3.19. The molecule has 0 fully saturated rings. The van der Waals surface area contributed by atoms with Crippen LogP contribution in [0.3, 0.4) is 0 Å². The maximum absolute atomic E-state index is 13.9. The first kappa shape index (κ1) is 21.6. The van der Waals surface area contributed by atoms with E-state index in [1.165, 1.54) is 0 Å². The second-order valence-electron chi connectivity index (χ2n) is 8.34. The molecular weight excluding hydrogens is 460 g/mol. The van der Waals surface area contributed by atoms with Crippen LogP contribution in [0, 0.1) is 0 Å². The molecule has 0 spiro atoms. The molecular formula is C28H23N2O4S+. The summed E-state index contributed by atoms with van der Waals surface area (Å²) in [6.07, 6.45) is 0. The standard InChI is InChI=1S/C28H23N2O4S/c1-29-21-14-23(33-3)24(34-4)15-22(21)30-27(29)19-12-13-25(35-17-10-8-16(32-2)9-11-17)18-6-5-7-20(26(18)19)28(30)31/h5-15H,1-4H3/q+1. The van der Waals surface area contributed by atoms with E-state index >= 15 is 0 Å². The van der Waals surface area contributed by atoms with Crippen LogP contribution in [0.2, 0.25) is 0 Å². The molecule has 0 aliphatic carbocycles. The van der Waals surface area contributed by atoms with Gasteiger partial charge in [0.1, 0.15) is 5.75 Å². The first-order valence-electron chi connectivity index (χ1n) is 11.1. The molecule has 6 nitrogen and oxygen atoms in total. The van der Waals surface area contributed by atoms with Crippen molar-refractivity contribution in [1.29, 1.82) is 0 Å². The fraction of sp³-hybridized carbons (Fsp3) is 0.143. The highest BCUT2D eigenvalue weighted by molar-refractivity contribution is 7.99. The molecule has 0 bridgehead atoms. The summed E-state index contributed by atoms with van der Waals surface area (Å²) in [5.41, 5.74) is 2.46. The Hall–Kier alpha value is -3.97. The molecule has 0 radical (unpaired) electrons. The van der Waals surface area contributed by atoms with Crippen LogP contribution < -0.4 is 24.3 Å². The minimum atomic E-state index is -0.0532. The second-order valence-corrected chi connectivity index (χ2v) is 9.45. The van der Waals surface area contributed by atoms with Crippen molar-refractivity contribution < 1.29 is 18.8 Å². The number of rotatable bonds is 5. The highest BCUT2D eigenvalue weighted by Gasteiger charge is 2.27. The molecule has 0 N–H and O–H groups in total. The Morgan fingerprint density at radius 2 is 1.51 bits per heavy atom. The number of methoxy groups -OCH3 is 3. The number of nitrogens with zero attached hydrogens (tertiary/aromatic N) is 2. The Morgan fingerprint density at radius 1 is 0.800 bits per heavy atom. The topological polar surface area (TPSA) is 53.1 Å². The van der Waals surface area contributed by atoms with Gasteiger partial charge >= 0.3 is 5.56 Å². The van der Waals surface area contributed by atoms with Gasteiger partial charge in [-0.05, 0) is 47.9 Å². The van der Waals surface area contributed by atoms with Crippen LogP contribution in [0.15, 0.2) is 81.3 Å². The summed E-state index contributed by atoms with van der Waals surface area (Å²) < 4.78 is 20.2. The van der Waals surface area contributed by atoms with E-state index in [4.69, 9.17) is 14.2 Å². The van der Waals surface area contributed by atoms with Gasteiger partial charge in [-0.2, -0.15) is 4.40 Å². The number of hydrogen-bond acceptors (Lipinski definition) is 5. The predicted molar refractivity (Wildman–Crippen MR) is 139 cm³/mol. The Morgan fingerprint density at radius 3 is 2.23 bits per heavy atom. The fourth-order valence-electron chi connectivity index (χ4n) is 4.91. The van der Waals surface area contributed by atoms with Gasteiger partial charge in [-0.1, -0.05) is 23.9 Å². The van der Waals surface area contributed by atoms with Gasteiger partial charge in [0.15, 0.2) is 22.5 Å². The van der Waals surface area contributed by atoms with Crippen molar-refractivity contribution in [3.05, 3.63) is 77.1 Å². The first-order valence-corrected chi connectivity index (χ1v) is 12.0. The fourth-order valence-corrected chi connectivity index (χ4v) is 5.86. The molecule has 35 heavy (non-hydrogen) atoms. The number of benzene rings is 4. The van der Waals surface area contributed by atoms with Crippen molar-refractivity contribution in [2.75, 3.05) is 21.3 Å². The lowest BCUT2D eigenvalue weighted by atomic mass is 10.0. The number of imidazole rings is 1. The zero-order chi connectivity index (χ0) is 24.3. The van der Waals surface area contributed by atoms with E-state index in [0.717, 1.165) is 48.4 Å². The van der Waals surface area contributed by atoms with E-state index in [-0.39, 0.29) is 5.56 Å². The number of fused-ring (bicyclic) bond motifs is 4. The molecule has 6 aromatic rings. The van der Waals surface area contributed by atoms with Crippen molar-refractivity contribution in [3.63, 3.8) is 0 Å². The minimum Gasteiger partial charge on any atom is -0.497 e. The van der Waals surface area contributed by atoms with Gasteiger partial charge in [0, 0.05) is 27.3 Å². The van der Waals surface area contributed by atoms with Gasteiger partial charge in [0.05, 0.1) is 39.1 Å². The highest BCUT2D eigenvalue weighted by atomic mass is 32.2. The lowest BCUT2D eigenvalue weighted by Gasteiger charge is -2.10. The van der Waals surface area contributed by atoms with Gasteiger partial charge in [0.25, 0.3) is 5.65 Å². The minimum absolute atomic E-state index is 0.0532. The number of pyridine rings is 1. The maximum Gasteiger partial charge on any atom is 0.347 e. The molecule has 0 saturated carbocycles. The van der Waals surface area contributed by atoms with Gasteiger partial charge in [-0.3, -0.25) is 0 Å². The van der Waals surface area contributed by atoms with E-state index in [1.54, 1.807) is 37.5 Å². The molecule has 2 heterocycles. The monoisotopic (exact) mass is 483 g/mol. The lowest BCUT2D eigenvalue weighted by Crippen LogP contribution is -2.29. The summed E-state index contributed by atoms with van der Waals surface area (Å²) >= 11 is 1.68. The van der Waals surface area contributed by atoms with Crippen LogP contribution in [-0.4, -0.2) is 25.7 Å². The van der Waals surface area contributed by atoms with Crippen LogP contribution >= 0.6 is 11.8 Å². The highest BCUT2D eigenvalue weighted by Crippen LogP contribution is 2.39. The van der Waals surface area contributed by atoms with Crippen molar-refractivity contribution in [3.8, 4) is 17.2 Å². The van der Waals surface area contributed by atoms with Crippen LogP contribution in [0.25, 0.3) is 38.2 Å². The molecule has 2 aromatic heterocycles. The van der Waals surface area contributed by atoms with Gasteiger partial charge in [0.2, 0.25) is 0 Å². The smallest absolute Gasteiger partial charge is 0.347 e. The largest absolute Gasteiger partial charge is 0.497 e. The molecule has 0 amide bonds. The van der Waals surface area contributed by atoms with Gasteiger partial charge in [-0.15, -0.1) is 0 Å². The first-order chi connectivity index (χ1) is 17.0. The second kappa shape index (κ2) is 8.06. The van der Waals surface area contributed by atoms with Crippen LogP contribution in [0.1, 0.15) is 0 Å². The molecule has 174 valence electrons. The molecule has 0 saturated heterocycles. The molecule has 7 heteroatoms. The Balaban J connectivity index is 1.67. The summed E-state index contributed by atoms with van der Waals surface area (Å²) in [6, 6.07) is 22.0. The van der Waals surface area contributed by atoms with E-state index in [2.05, 4.69) is 22.8 Å². The third-order valence-electron chi connectivity index (χ3n) is 6.57. The van der Waals surface area contributed by atoms with Crippen molar-refractivity contribution in [2.24, 2.45) is 7.05 Å². The third-order valence-corrected chi connectivity index (χ3v) is 7.66. The van der Waals surface area contributed by atoms with Gasteiger partial charge < -0.3 is 14.2 Å². The molecule has 0 atom stereocenters. The molecule has 0 unspecified atom stereocenters. The SMILES string of the molecule is COc1ccc(Sc2ccc3c4c2cccc4c(=O)n2c4cc(OC)c(OC)cc4[n+](C)c32)cc1. The third kappa shape index (κ3) is 3.12. The summed E-state index contributed by atoms with van der Waals surface area (Å²) in [5, 5.41) is 3.74. The van der Waals surface area contributed by atoms with E-state index < -0.39 is 0 Å². The van der Waals surface area contributed by atoms with E-state index in [0.29, 0.717) is 16.9 Å². The zero-order valence-corrected chi connectivity index (χ0v) is 20.6. The zero-order valence-electron chi connectivity index (χ0n) is 19.8. The number of aromatic nitrogens is 2. The Bertz CT molecular complexity index is 1810. The number of hydrogen-bond donors (Lipinski definition) is 0. The van der Waals surface area contributed by atoms with Crippen LogP contribution in [0.4, 0.5) is 0 Å². The maximum atomic E-state index is 13.9. The average molecular weight is 484 g/mol. The van der Waals surface area contributed by atoms with Crippen molar-refractivity contribution in [2.45, 2.75) is 9.79 Å². The quantitative estimate of drug-likeness (QED) is 0.316. The van der Waals surface area contributed by atoms with Gasteiger partial charge in [-0.25, -0.2) is 9.36 Å². The van der Waals surface area contributed by atoms with Crippen molar-refractivity contribution in [1.82, 2.24) is 4.40 Å². The summed E-state index contributed by atoms with van der Waals surface area (Å²) in [4.78, 5) is 16.1. The summed E-state index contributed by atoms with van der Waals surface area (Å²) in [6.45, 7) is 0. The molecule has 4 aromatic carbocycles. The number of aryl methyl sites for hydroxylation is 1. The Labute approximate surface area is 205 Å². The normalized spacial score (nSPS) is 11.7. The summed E-state index contributed by atoms with van der Waals surface area (Å²) in [5.74, 6) is 2.04. The predicted octanol–water partition coefficient (Wildman–Crippen LogP) is 5.20. The summed E-state index contributed by atoms with van der Waals surface area (Å²) in [7, 11) is 6.86. The molecule has 0 aliphatic heterocycles. The number of ether oxygens (including phenoxy) is 3. The Kier molecular flexibility index (Phi) is 4.96. The van der Waals surface area contributed by atoms with Crippen LogP contribution in [-0.2, 0) is 7.05 Å². The van der Waals surface area contributed by atoms with Crippen LogP contribution in [0.5, 0.6) is 17.2 Å². The van der Waals surface area contributed by atoms with E-state index in [9.17, 15) is 4.79 Å². The lowest BCUT2D eigenvalue weighted by molar-refractivity contribution is -0.617.